The Hall–Kier alpha value is -3.00. The van der Waals surface area contributed by atoms with Crippen molar-refractivity contribution in [3.8, 4) is 17.6 Å². The van der Waals surface area contributed by atoms with Crippen LogP contribution in [0.2, 0.25) is 0 Å². The molecule has 0 unspecified atom stereocenters. The molecule has 0 atom stereocenters. The average molecular weight is 389 g/mol. The van der Waals surface area contributed by atoms with Crippen molar-refractivity contribution < 1.29 is 22.8 Å². The number of nitriles is 1. The molecule has 1 heterocycles. The minimum absolute atomic E-state index is 0.115. The first-order valence-electron chi connectivity index (χ1n) is 7.96. The van der Waals surface area contributed by atoms with Crippen LogP contribution in [0.4, 0.5) is 5.69 Å². The molecular weight excluding hydrogens is 374 g/mol. The highest BCUT2D eigenvalue weighted by Crippen LogP contribution is 2.34. The molecule has 10 heteroatoms. The first-order chi connectivity index (χ1) is 12.9. The summed E-state index contributed by atoms with van der Waals surface area (Å²) in [7, 11) is -3.87. The zero-order chi connectivity index (χ0) is 19.4. The Labute approximate surface area is 155 Å². The minimum atomic E-state index is -3.87. The first kappa shape index (κ1) is 18.8. The smallest absolute Gasteiger partial charge is 0.312 e. The van der Waals surface area contributed by atoms with Crippen LogP contribution in [0.15, 0.2) is 47.4 Å². The second kappa shape index (κ2) is 7.71. The Bertz CT molecular complexity index is 1010. The third-order valence-electron chi connectivity index (χ3n) is 3.93. The number of nitro benzene ring substituents is 1. The van der Waals surface area contributed by atoms with Crippen LogP contribution in [-0.2, 0) is 14.8 Å². The molecule has 1 aliphatic rings. The number of hydrogen-bond acceptors (Lipinski definition) is 7. The van der Waals surface area contributed by atoms with Crippen LogP contribution in [-0.4, -0.2) is 43.9 Å². The molecule has 2 aromatic rings. The summed E-state index contributed by atoms with van der Waals surface area (Å²) in [5.74, 6) is 0.122. The van der Waals surface area contributed by atoms with Crippen LogP contribution in [0.3, 0.4) is 0 Å². The van der Waals surface area contributed by atoms with Crippen molar-refractivity contribution in [2.75, 3.05) is 26.3 Å². The van der Waals surface area contributed by atoms with E-state index in [1.165, 1.54) is 22.5 Å². The van der Waals surface area contributed by atoms with Crippen LogP contribution in [0.25, 0.3) is 0 Å². The Morgan fingerprint density at radius 1 is 1.19 bits per heavy atom. The van der Waals surface area contributed by atoms with E-state index in [9.17, 15) is 18.5 Å². The van der Waals surface area contributed by atoms with E-state index in [-0.39, 0.29) is 42.7 Å². The van der Waals surface area contributed by atoms with Crippen LogP contribution < -0.4 is 4.74 Å². The molecule has 0 aromatic heterocycles. The standard InChI is InChI=1S/C17H15N3O6S/c18-12-13-2-1-3-14(10-13)26-17-5-4-15(11-16(17)20(21)22)27(23,24)19-6-8-25-9-7-19/h1-5,10-11H,6-9H2. The molecule has 1 aliphatic heterocycles. The van der Waals surface area contributed by atoms with Crippen LogP contribution in [0.1, 0.15) is 5.56 Å². The van der Waals surface area contributed by atoms with Gasteiger partial charge in [-0.2, -0.15) is 9.57 Å². The van der Waals surface area contributed by atoms with E-state index >= 15 is 0 Å². The SMILES string of the molecule is N#Cc1cccc(Oc2ccc(S(=O)(=O)N3CCOCC3)cc2[N+](=O)[O-])c1. The van der Waals surface area contributed by atoms with Gasteiger partial charge in [-0.3, -0.25) is 10.1 Å². The highest BCUT2D eigenvalue weighted by molar-refractivity contribution is 7.89. The van der Waals surface area contributed by atoms with Crippen molar-refractivity contribution in [2.24, 2.45) is 0 Å². The maximum atomic E-state index is 12.7. The van der Waals surface area contributed by atoms with E-state index in [0.29, 0.717) is 5.56 Å². The summed E-state index contributed by atoms with van der Waals surface area (Å²) in [5, 5.41) is 20.4. The largest absolute Gasteiger partial charge is 0.450 e. The maximum Gasteiger partial charge on any atom is 0.312 e. The topological polar surface area (TPSA) is 123 Å². The number of nitrogens with zero attached hydrogens (tertiary/aromatic N) is 3. The number of nitro groups is 1. The second-order valence-corrected chi connectivity index (χ2v) is 7.58. The summed E-state index contributed by atoms with van der Waals surface area (Å²) < 4.78 is 37.2. The minimum Gasteiger partial charge on any atom is -0.450 e. The van der Waals surface area contributed by atoms with E-state index in [1.54, 1.807) is 18.2 Å². The zero-order valence-electron chi connectivity index (χ0n) is 14.1. The molecular formula is C17H15N3O6S. The number of rotatable bonds is 5. The van der Waals surface area contributed by atoms with Crippen molar-refractivity contribution in [1.29, 1.82) is 5.26 Å². The monoisotopic (exact) mass is 389 g/mol. The molecule has 3 rings (SSSR count). The summed E-state index contributed by atoms with van der Waals surface area (Å²) in [4.78, 5) is 10.5. The van der Waals surface area contributed by atoms with E-state index < -0.39 is 20.6 Å². The third kappa shape index (κ3) is 4.06. The second-order valence-electron chi connectivity index (χ2n) is 5.64. The molecule has 1 saturated heterocycles. The summed E-state index contributed by atoms with van der Waals surface area (Å²) in [6.07, 6.45) is 0. The summed E-state index contributed by atoms with van der Waals surface area (Å²) in [5.41, 5.74) is -0.145. The zero-order valence-corrected chi connectivity index (χ0v) is 14.9. The molecule has 1 fully saturated rings. The lowest BCUT2D eigenvalue weighted by atomic mass is 10.2. The van der Waals surface area contributed by atoms with Crippen molar-refractivity contribution >= 4 is 15.7 Å². The van der Waals surface area contributed by atoms with Gasteiger partial charge in [0.05, 0.1) is 34.7 Å². The van der Waals surface area contributed by atoms with Crippen LogP contribution in [0.5, 0.6) is 11.5 Å². The van der Waals surface area contributed by atoms with Gasteiger partial charge in [0.2, 0.25) is 15.8 Å². The van der Waals surface area contributed by atoms with E-state index in [2.05, 4.69) is 0 Å². The van der Waals surface area contributed by atoms with Crippen molar-refractivity contribution in [3.05, 3.63) is 58.1 Å². The molecule has 0 aliphatic carbocycles. The van der Waals surface area contributed by atoms with Crippen molar-refractivity contribution in [2.45, 2.75) is 4.90 Å². The van der Waals surface area contributed by atoms with Gasteiger partial charge in [-0.05, 0) is 30.3 Å². The number of hydrogen-bond donors (Lipinski definition) is 0. The number of ether oxygens (including phenoxy) is 2. The molecule has 0 N–H and O–H groups in total. The Balaban J connectivity index is 1.95. The maximum absolute atomic E-state index is 12.7. The van der Waals surface area contributed by atoms with Gasteiger partial charge in [0.15, 0.2) is 0 Å². The molecule has 0 radical (unpaired) electrons. The van der Waals surface area contributed by atoms with E-state index in [0.717, 1.165) is 6.07 Å². The highest BCUT2D eigenvalue weighted by atomic mass is 32.2. The predicted octanol–water partition coefficient (Wildman–Crippen LogP) is 2.28. The summed E-state index contributed by atoms with van der Waals surface area (Å²) >= 11 is 0. The number of sulfonamides is 1. The fraction of sp³-hybridized carbons (Fsp3) is 0.235. The molecule has 2 aromatic carbocycles. The molecule has 0 bridgehead atoms. The fourth-order valence-electron chi connectivity index (χ4n) is 2.58. The van der Waals surface area contributed by atoms with Gasteiger partial charge in [0.1, 0.15) is 5.75 Å². The molecule has 0 amide bonds. The summed E-state index contributed by atoms with van der Waals surface area (Å²) in [6, 6.07) is 11.6. The normalized spacial score (nSPS) is 15.1. The molecule has 0 saturated carbocycles. The lowest BCUT2D eigenvalue weighted by molar-refractivity contribution is -0.385. The van der Waals surface area contributed by atoms with Gasteiger partial charge < -0.3 is 9.47 Å². The number of benzene rings is 2. The van der Waals surface area contributed by atoms with Crippen molar-refractivity contribution in [3.63, 3.8) is 0 Å². The average Bonchev–Trinajstić information content (AvgIpc) is 2.68. The summed E-state index contributed by atoms with van der Waals surface area (Å²) in [6.45, 7) is 0.931. The third-order valence-corrected chi connectivity index (χ3v) is 5.82. The van der Waals surface area contributed by atoms with Crippen LogP contribution in [0, 0.1) is 21.4 Å². The lowest BCUT2D eigenvalue weighted by Gasteiger charge is -2.26. The van der Waals surface area contributed by atoms with Gasteiger partial charge in [-0.1, -0.05) is 6.07 Å². The van der Waals surface area contributed by atoms with Gasteiger partial charge in [-0.25, -0.2) is 8.42 Å². The quantitative estimate of drug-likeness (QED) is 0.568. The van der Waals surface area contributed by atoms with Crippen LogP contribution >= 0.6 is 0 Å². The Kier molecular flexibility index (Phi) is 5.36. The first-order valence-corrected chi connectivity index (χ1v) is 9.40. The fourth-order valence-corrected chi connectivity index (χ4v) is 4.01. The number of morpholine rings is 1. The van der Waals surface area contributed by atoms with Gasteiger partial charge in [-0.15, -0.1) is 0 Å². The lowest BCUT2D eigenvalue weighted by Crippen LogP contribution is -2.40. The Morgan fingerprint density at radius 2 is 1.93 bits per heavy atom. The molecule has 9 nitrogen and oxygen atoms in total. The molecule has 27 heavy (non-hydrogen) atoms. The van der Waals surface area contributed by atoms with E-state index in [1.807, 2.05) is 6.07 Å². The van der Waals surface area contributed by atoms with Gasteiger partial charge in [0, 0.05) is 19.2 Å². The Morgan fingerprint density at radius 3 is 2.59 bits per heavy atom. The predicted molar refractivity (Wildman–Crippen MR) is 93.9 cm³/mol. The van der Waals surface area contributed by atoms with E-state index in [4.69, 9.17) is 14.7 Å². The highest BCUT2D eigenvalue weighted by Gasteiger charge is 2.29. The molecule has 140 valence electrons. The van der Waals surface area contributed by atoms with Gasteiger partial charge in [0.25, 0.3) is 0 Å². The van der Waals surface area contributed by atoms with Crippen molar-refractivity contribution in [1.82, 2.24) is 4.31 Å². The van der Waals surface area contributed by atoms with Gasteiger partial charge >= 0.3 is 5.69 Å². The molecule has 0 spiro atoms.